The second-order valence-corrected chi connectivity index (χ2v) is 5.92. The maximum absolute atomic E-state index is 11.0. The second kappa shape index (κ2) is 7.96. The Hall–Kier alpha value is -1.85. The molecule has 6 heteroatoms. The maximum atomic E-state index is 11.0. The fourth-order valence-electron chi connectivity index (χ4n) is 2.72. The van der Waals surface area contributed by atoms with Crippen LogP contribution in [-0.4, -0.2) is 40.7 Å². The highest BCUT2D eigenvalue weighted by Crippen LogP contribution is 2.23. The average molecular weight is 306 g/mol. The number of carboxylic acid groups (broad SMARTS) is 1. The topological polar surface area (TPSA) is 78.4 Å². The molecule has 0 unspecified atom stereocenters. The van der Waals surface area contributed by atoms with Crippen LogP contribution in [0.1, 0.15) is 44.7 Å². The molecule has 0 saturated carbocycles. The molecule has 0 aromatic carbocycles. The van der Waals surface area contributed by atoms with Crippen molar-refractivity contribution < 1.29 is 9.90 Å². The van der Waals surface area contributed by atoms with Crippen LogP contribution in [0.3, 0.4) is 0 Å². The van der Waals surface area contributed by atoms with Crippen LogP contribution in [0.25, 0.3) is 0 Å². The molecule has 6 nitrogen and oxygen atoms in total. The highest BCUT2D eigenvalue weighted by molar-refractivity contribution is 5.70. The predicted molar refractivity (Wildman–Crippen MR) is 87.4 cm³/mol. The molecule has 1 saturated heterocycles. The fraction of sp³-hybridized carbons (Fsp3) is 0.688. The van der Waals surface area contributed by atoms with Crippen LogP contribution in [0.4, 0.5) is 11.8 Å². The molecular formula is C16H26N4O2. The summed E-state index contributed by atoms with van der Waals surface area (Å²) in [4.78, 5) is 22.2. The van der Waals surface area contributed by atoms with Crippen LogP contribution in [0.5, 0.6) is 0 Å². The Morgan fingerprint density at radius 3 is 2.73 bits per heavy atom. The number of aliphatic carboxylic acids is 1. The minimum atomic E-state index is -0.684. The van der Waals surface area contributed by atoms with Crippen molar-refractivity contribution in [2.24, 2.45) is 5.92 Å². The number of rotatable bonds is 7. The third kappa shape index (κ3) is 4.58. The number of unbranched alkanes of at least 4 members (excludes halogenated alkanes) is 2. The van der Waals surface area contributed by atoms with Crippen molar-refractivity contribution in [2.75, 3.05) is 29.9 Å². The third-order valence-electron chi connectivity index (χ3n) is 4.07. The lowest BCUT2D eigenvalue weighted by Gasteiger charge is -2.31. The van der Waals surface area contributed by atoms with Crippen molar-refractivity contribution >= 4 is 17.7 Å². The Morgan fingerprint density at radius 1 is 1.36 bits per heavy atom. The van der Waals surface area contributed by atoms with Gasteiger partial charge in [-0.15, -0.1) is 0 Å². The van der Waals surface area contributed by atoms with Crippen LogP contribution in [0.15, 0.2) is 6.07 Å². The van der Waals surface area contributed by atoms with Crippen molar-refractivity contribution in [1.82, 2.24) is 9.97 Å². The third-order valence-corrected chi connectivity index (χ3v) is 4.07. The van der Waals surface area contributed by atoms with Crippen molar-refractivity contribution in [2.45, 2.75) is 46.0 Å². The molecule has 2 N–H and O–H groups in total. The normalized spacial score (nSPS) is 15.8. The smallest absolute Gasteiger partial charge is 0.306 e. The summed E-state index contributed by atoms with van der Waals surface area (Å²) in [6.07, 6.45) is 4.87. The van der Waals surface area contributed by atoms with E-state index in [0.717, 1.165) is 37.6 Å². The molecule has 122 valence electrons. The van der Waals surface area contributed by atoms with Crippen LogP contribution in [-0.2, 0) is 4.79 Å². The van der Waals surface area contributed by atoms with Crippen LogP contribution in [0.2, 0.25) is 0 Å². The summed E-state index contributed by atoms with van der Waals surface area (Å²) in [5, 5.41) is 12.4. The molecule has 2 rings (SSSR count). The molecule has 1 aromatic heterocycles. The van der Waals surface area contributed by atoms with Gasteiger partial charge < -0.3 is 15.3 Å². The van der Waals surface area contributed by atoms with E-state index >= 15 is 0 Å². The largest absolute Gasteiger partial charge is 0.481 e. The Morgan fingerprint density at radius 2 is 2.09 bits per heavy atom. The van der Waals surface area contributed by atoms with Gasteiger partial charge in [0.15, 0.2) is 0 Å². The van der Waals surface area contributed by atoms with Crippen LogP contribution >= 0.6 is 0 Å². The van der Waals surface area contributed by atoms with Gasteiger partial charge in [-0.25, -0.2) is 4.98 Å². The van der Waals surface area contributed by atoms with Gasteiger partial charge in [-0.2, -0.15) is 4.98 Å². The second-order valence-electron chi connectivity index (χ2n) is 5.92. The maximum Gasteiger partial charge on any atom is 0.306 e. The first-order valence-corrected chi connectivity index (χ1v) is 8.17. The zero-order valence-corrected chi connectivity index (χ0v) is 13.5. The minimum absolute atomic E-state index is 0.217. The highest BCUT2D eigenvalue weighted by atomic mass is 16.4. The zero-order chi connectivity index (χ0) is 15.9. The number of aromatic nitrogens is 2. The van der Waals surface area contributed by atoms with Gasteiger partial charge in [-0.1, -0.05) is 19.8 Å². The molecular weight excluding hydrogens is 280 g/mol. The molecule has 1 aromatic rings. The van der Waals surface area contributed by atoms with Gasteiger partial charge in [-0.3, -0.25) is 4.79 Å². The van der Waals surface area contributed by atoms with E-state index in [4.69, 9.17) is 5.11 Å². The van der Waals surface area contributed by atoms with E-state index in [9.17, 15) is 4.79 Å². The first-order valence-electron chi connectivity index (χ1n) is 8.17. The Kier molecular flexibility index (Phi) is 5.98. The average Bonchev–Trinajstić information content (AvgIpc) is 2.51. The van der Waals surface area contributed by atoms with Crippen LogP contribution < -0.4 is 10.2 Å². The Labute approximate surface area is 132 Å². The zero-order valence-electron chi connectivity index (χ0n) is 13.5. The minimum Gasteiger partial charge on any atom is -0.481 e. The van der Waals surface area contributed by atoms with Gasteiger partial charge in [-0.05, 0) is 26.2 Å². The van der Waals surface area contributed by atoms with Crippen molar-refractivity contribution in [3.05, 3.63) is 11.8 Å². The molecule has 2 heterocycles. The summed E-state index contributed by atoms with van der Waals surface area (Å²) in [6.45, 7) is 6.51. The van der Waals surface area contributed by atoms with E-state index in [1.807, 2.05) is 13.0 Å². The van der Waals surface area contributed by atoms with Gasteiger partial charge >= 0.3 is 5.97 Å². The summed E-state index contributed by atoms with van der Waals surface area (Å²) >= 11 is 0. The van der Waals surface area contributed by atoms with E-state index in [0.29, 0.717) is 18.8 Å². The quantitative estimate of drug-likeness (QED) is 0.754. The fourth-order valence-corrected chi connectivity index (χ4v) is 2.72. The summed E-state index contributed by atoms with van der Waals surface area (Å²) in [5.74, 6) is 0.670. The molecule has 0 atom stereocenters. The Bertz CT molecular complexity index is 499. The number of nitrogens with zero attached hydrogens (tertiary/aromatic N) is 3. The highest BCUT2D eigenvalue weighted by Gasteiger charge is 2.25. The summed E-state index contributed by atoms with van der Waals surface area (Å²) in [5.41, 5.74) is 0.934. The molecule has 0 aliphatic carbocycles. The molecule has 1 aliphatic heterocycles. The number of hydrogen-bond acceptors (Lipinski definition) is 5. The predicted octanol–water partition coefficient (Wildman–Crippen LogP) is 2.69. The van der Waals surface area contributed by atoms with E-state index in [1.54, 1.807) is 0 Å². The monoisotopic (exact) mass is 306 g/mol. The number of piperidine rings is 1. The standard InChI is InChI=1S/C16H26N4O2/c1-3-4-5-8-17-16-18-12(2)11-14(19-16)20-9-6-13(7-10-20)15(21)22/h11,13H,3-10H2,1-2H3,(H,21,22)(H,17,18,19). The summed E-state index contributed by atoms with van der Waals surface area (Å²) in [6, 6.07) is 1.97. The molecule has 0 radical (unpaired) electrons. The van der Waals surface area contributed by atoms with Gasteiger partial charge in [0.1, 0.15) is 5.82 Å². The van der Waals surface area contributed by atoms with Gasteiger partial charge in [0.2, 0.25) is 5.95 Å². The number of aryl methyl sites for hydroxylation is 1. The summed E-state index contributed by atoms with van der Waals surface area (Å²) in [7, 11) is 0. The SMILES string of the molecule is CCCCCNc1nc(C)cc(N2CCC(C(=O)O)CC2)n1. The lowest BCUT2D eigenvalue weighted by molar-refractivity contribution is -0.142. The number of carboxylic acids is 1. The molecule has 22 heavy (non-hydrogen) atoms. The molecule has 0 bridgehead atoms. The lowest BCUT2D eigenvalue weighted by atomic mass is 9.97. The first-order chi connectivity index (χ1) is 10.6. The van der Waals surface area contributed by atoms with Crippen LogP contribution in [0, 0.1) is 12.8 Å². The van der Waals surface area contributed by atoms with Gasteiger partial charge in [0.25, 0.3) is 0 Å². The van der Waals surface area contributed by atoms with E-state index < -0.39 is 5.97 Å². The van der Waals surface area contributed by atoms with E-state index in [2.05, 4.69) is 27.1 Å². The molecule has 1 fully saturated rings. The van der Waals surface area contributed by atoms with Crippen molar-refractivity contribution in [3.8, 4) is 0 Å². The molecule has 1 aliphatic rings. The van der Waals surface area contributed by atoms with Crippen molar-refractivity contribution in [1.29, 1.82) is 0 Å². The number of carbonyl (C=O) groups is 1. The molecule has 0 amide bonds. The van der Waals surface area contributed by atoms with Gasteiger partial charge in [0.05, 0.1) is 5.92 Å². The number of hydrogen-bond donors (Lipinski definition) is 2. The Balaban J connectivity index is 1.96. The van der Waals surface area contributed by atoms with E-state index in [-0.39, 0.29) is 5.92 Å². The number of nitrogens with one attached hydrogen (secondary N) is 1. The molecule has 0 spiro atoms. The first kappa shape index (κ1) is 16.5. The van der Waals surface area contributed by atoms with Gasteiger partial charge in [0, 0.05) is 31.4 Å². The lowest BCUT2D eigenvalue weighted by Crippen LogP contribution is -2.37. The number of anilines is 2. The van der Waals surface area contributed by atoms with E-state index in [1.165, 1.54) is 12.8 Å². The summed E-state index contributed by atoms with van der Waals surface area (Å²) < 4.78 is 0. The van der Waals surface area contributed by atoms with Crippen molar-refractivity contribution in [3.63, 3.8) is 0 Å².